The third-order valence-corrected chi connectivity index (χ3v) is 2.27. The SMILES string of the molecule is NCc1cnnn1-c1ccc(F)c(Cl)c1. The highest BCUT2D eigenvalue weighted by Crippen LogP contribution is 2.18. The Bertz CT molecular complexity index is 483. The van der Waals surface area contributed by atoms with Crippen LogP contribution in [0.5, 0.6) is 0 Å². The molecule has 0 saturated carbocycles. The van der Waals surface area contributed by atoms with E-state index in [4.69, 9.17) is 17.3 Å². The summed E-state index contributed by atoms with van der Waals surface area (Å²) in [6.45, 7) is 0.308. The van der Waals surface area contributed by atoms with Gasteiger partial charge in [0.05, 0.1) is 22.6 Å². The van der Waals surface area contributed by atoms with Crippen molar-refractivity contribution in [1.82, 2.24) is 15.0 Å². The van der Waals surface area contributed by atoms with Gasteiger partial charge in [0, 0.05) is 6.54 Å². The lowest BCUT2D eigenvalue weighted by atomic mass is 10.3. The second-order valence-corrected chi connectivity index (χ2v) is 3.35. The number of rotatable bonds is 2. The van der Waals surface area contributed by atoms with E-state index in [-0.39, 0.29) is 5.02 Å². The highest BCUT2D eigenvalue weighted by molar-refractivity contribution is 6.30. The van der Waals surface area contributed by atoms with Crippen LogP contribution < -0.4 is 5.73 Å². The Morgan fingerprint density at radius 1 is 1.47 bits per heavy atom. The standard InChI is InChI=1S/C9H8ClFN4/c10-8-3-6(1-2-9(8)11)15-7(4-12)5-13-14-15/h1-3,5H,4,12H2. The van der Waals surface area contributed by atoms with Gasteiger partial charge in [-0.1, -0.05) is 16.8 Å². The van der Waals surface area contributed by atoms with Gasteiger partial charge in [-0.2, -0.15) is 0 Å². The van der Waals surface area contributed by atoms with Crippen molar-refractivity contribution in [2.75, 3.05) is 0 Å². The third kappa shape index (κ3) is 1.84. The van der Waals surface area contributed by atoms with Crippen LogP contribution in [0.15, 0.2) is 24.4 Å². The molecule has 0 unspecified atom stereocenters. The maximum Gasteiger partial charge on any atom is 0.141 e. The maximum absolute atomic E-state index is 12.9. The van der Waals surface area contributed by atoms with Gasteiger partial charge in [-0.25, -0.2) is 9.07 Å². The van der Waals surface area contributed by atoms with E-state index in [0.717, 1.165) is 5.69 Å². The lowest BCUT2D eigenvalue weighted by molar-refractivity contribution is 0.627. The summed E-state index contributed by atoms with van der Waals surface area (Å²) in [7, 11) is 0. The summed E-state index contributed by atoms with van der Waals surface area (Å²) in [6, 6.07) is 4.32. The number of nitrogens with two attached hydrogens (primary N) is 1. The van der Waals surface area contributed by atoms with Crippen LogP contribution in [0.1, 0.15) is 5.69 Å². The van der Waals surface area contributed by atoms with Crippen LogP contribution in [-0.2, 0) is 6.54 Å². The molecular formula is C9H8ClFN4. The Hall–Kier alpha value is -1.46. The summed E-state index contributed by atoms with van der Waals surface area (Å²) in [6.07, 6.45) is 1.55. The van der Waals surface area contributed by atoms with E-state index in [9.17, 15) is 4.39 Å². The number of hydrogen-bond donors (Lipinski definition) is 1. The second-order valence-electron chi connectivity index (χ2n) is 2.94. The minimum absolute atomic E-state index is 0.0472. The molecule has 0 bridgehead atoms. The van der Waals surface area contributed by atoms with Crippen molar-refractivity contribution < 1.29 is 4.39 Å². The van der Waals surface area contributed by atoms with Crippen molar-refractivity contribution in [3.05, 3.63) is 40.9 Å². The molecule has 78 valence electrons. The highest BCUT2D eigenvalue weighted by atomic mass is 35.5. The second kappa shape index (κ2) is 3.96. The zero-order chi connectivity index (χ0) is 10.8. The zero-order valence-electron chi connectivity index (χ0n) is 7.69. The molecule has 0 amide bonds. The average Bonchev–Trinajstić information content (AvgIpc) is 2.70. The van der Waals surface area contributed by atoms with Crippen LogP contribution in [0.2, 0.25) is 5.02 Å². The number of aromatic nitrogens is 3. The van der Waals surface area contributed by atoms with E-state index < -0.39 is 5.82 Å². The molecule has 2 rings (SSSR count). The van der Waals surface area contributed by atoms with E-state index in [1.165, 1.54) is 16.8 Å². The highest BCUT2D eigenvalue weighted by Gasteiger charge is 2.07. The first kappa shape index (κ1) is 10.1. The molecule has 2 aromatic rings. The fourth-order valence-electron chi connectivity index (χ4n) is 1.23. The van der Waals surface area contributed by atoms with Gasteiger partial charge in [0.15, 0.2) is 0 Å². The smallest absolute Gasteiger partial charge is 0.141 e. The van der Waals surface area contributed by atoms with E-state index >= 15 is 0 Å². The zero-order valence-corrected chi connectivity index (χ0v) is 8.45. The molecule has 0 aliphatic rings. The molecule has 1 aromatic carbocycles. The van der Waals surface area contributed by atoms with Gasteiger partial charge >= 0.3 is 0 Å². The molecular weight excluding hydrogens is 219 g/mol. The predicted octanol–water partition coefficient (Wildman–Crippen LogP) is 1.52. The molecule has 6 heteroatoms. The molecule has 0 atom stereocenters. The van der Waals surface area contributed by atoms with Crippen molar-refractivity contribution in [3.63, 3.8) is 0 Å². The van der Waals surface area contributed by atoms with Gasteiger partial charge in [-0.3, -0.25) is 0 Å². The van der Waals surface area contributed by atoms with Gasteiger partial charge in [0.1, 0.15) is 5.82 Å². The summed E-state index contributed by atoms with van der Waals surface area (Å²) >= 11 is 5.66. The first-order chi connectivity index (χ1) is 7.22. The molecule has 1 heterocycles. The Morgan fingerprint density at radius 3 is 2.93 bits per heavy atom. The van der Waals surface area contributed by atoms with E-state index in [2.05, 4.69) is 10.3 Å². The van der Waals surface area contributed by atoms with Crippen LogP contribution in [-0.4, -0.2) is 15.0 Å². The van der Waals surface area contributed by atoms with Crippen molar-refractivity contribution >= 4 is 11.6 Å². The summed E-state index contributed by atoms with van der Waals surface area (Å²) in [5, 5.41) is 7.60. The van der Waals surface area contributed by atoms with Crippen molar-refractivity contribution in [2.45, 2.75) is 6.54 Å². The Kier molecular flexibility index (Phi) is 2.66. The first-order valence-electron chi connectivity index (χ1n) is 4.27. The molecule has 15 heavy (non-hydrogen) atoms. The lowest BCUT2D eigenvalue weighted by Gasteiger charge is -2.04. The van der Waals surface area contributed by atoms with Gasteiger partial charge in [0.2, 0.25) is 0 Å². The molecule has 0 spiro atoms. The van der Waals surface area contributed by atoms with E-state index in [1.807, 2.05) is 0 Å². The summed E-state index contributed by atoms with van der Waals surface area (Å²) in [5.41, 5.74) is 6.86. The number of halogens is 2. The molecule has 0 aliphatic carbocycles. The monoisotopic (exact) mass is 226 g/mol. The molecule has 2 N–H and O–H groups in total. The molecule has 4 nitrogen and oxygen atoms in total. The van der Waals surface area contributed by atoms with Crippen molar-refractivity contribution in [2.24, 2.45) is 5.73 Å². The summed E-state index contributed by atoms with van der Waals surface area (Å²) in [4.78, 5) is 0. The lowest BCUT2D eigenvalue weighted by Crippen LogP contribution is -2.06. The Morgan fingerprint density at radius 2 is 2.27 bits per heavy atom. The average molecular weight is 227 g/mol. The summed E-state index contributed by atoms with van der Waals surface area (Å²) < 4.78 is 14.4. The number of benzene rings is 1. The van der Waals surface area contributed by atoms with Gasteiger partial charge in [-0.05, 0) is 18.2 Å². The Labute approximate surface area is 90.5 Å². The largest absolute Gasteiger partial charge is 0.325 e. The maximum atomic E-state index is 12.9. The Balaban J connectivity index is 2.50. The molecule has 0 aliphatic heterocycles. The molecule has 0 fully saturated rings. The van der Waals surface area contributed by atoms with Crippen LogP contribution in [0.25, 0.3) is 5.69 Å². The van der Waals surface area contributed by atoms with Gasteiger partial charge in [0.25, 0.3) is 0 Å². The molecule has 0 saturated heterocycles. The molecule has 0 radical (unpaired) electrons. The minimum atomic E-state index is -0.463. The van der Waals surface area contributed by atoms with Crippen LogP contribution in [0.4, 0.5) is 4.39 Å². The quantitative estimate of drug-likeness (QED) is 0.845. The van der Waals surface area contributed by atoms with Crippen molar-refractivity contribution in [1.29, 1.82) is 0 Å². The van der Waals surface area contributed by atoms with Crippen molar-refractivity contribution in [3.8, 4) is 5.69 Å². The van der Waals surface area contributed by atoms with Crippen LogP contribution >= 0.6 is 11.6 Å². The van der Waals surface area contributed by atoms with E-state index in [1.54, 1.807) is 12.3 Å². The number of hydrogen-bond acceptors (Lipinski definition) is 3. The van der Waals surface area contributed by atoms with E-state index in [0.29, 0.717) is 12.2 Å². The third-order valence-electron chi connectivity index (χ3n) is 1.98. The van der Waals surface area contributed by atoms with Gasteiger partial charge < -0.3 is 5.73 Å². The topological polar surface area (TPSA) is 56.7 Å². The van der Waals surface area contributed by atoms with Crippen LogP contribution in [0.3, 0.4) is 0 Å². The fourth-order valence-corrected chi connectivity index (χ4v) is 1.40. The normalized spacial score (nSPS) is 10.6. The minimum Gasteiger partial charge on any atom is -0.325 e. The number of nitrogens with zero attached hydrogens (tertiary/aromatic N) is 3. The predicted molar refractivity (Wildman–Crippen MR) is 54.2 cm³/mol. The summed E-state index contributed by atoms with van der Waals surface area (Å²) in [5.74, 6) is -0.463. The molecule has 1 aromatic heterocycles. The van der Waals surface area contributed by atoms with Crippen LogP contribution in [0, 0.1) is 5.82 Å². The fraction of sp³-hybridized carbons (Fsp3) is 0.111. The first-order valence-corrected chi connectivity index (χ1v) is 4.65. The van der Waals surface area contributed by atoms with Gasteiger partial charge in [-0.15, -0.1) is 5.10 Å².